The maximum absolute atomic E-state index is 12.8. The van der Waals surface area contributed by atoms with E-state index < -0.39 is 6.10 Å². The third kappa shape index (κ3) is 48.1. The summed E-state index contributed by atoms with van der Waals surface area (Å²) in [5.41, 5.74) is 0. The second-order valence-electron chi connectivity index (χ2n) is 17.6. The molecule has 0 rings (SSSR count). The van der Waals surface area contributed by atoms with E-state index >= 15 is 0 Å². The van der Waals surface area contributed by atoms with E-state index in [9.17, 15) is 14.4 Å². The van der Waals surface area contributed by atoms with Crippen LogP contribution in [-0.2, 0) is 28.6 Å². The molecule has 0 aromatic heterocycles. The third-order valence-corrected chi connectivity index (χ3v) is 11.4. The van der Waals surface area contributed by atoms with Crippen LogP contribution in [0.15, 0.2) is 60.8 Å². The van der Waals surface area contributed by atoms with Gasteiger partial charge in [0, 0.05) is 19.3 Å². The van der Waals surface area contributed by atoms with E-state index in [4.69, 9.17) is 14.2 Å². The van der Waals surface area contributed by atoms with Crippen molar-refractivity contribution >= 4 is 17.9 Å². The van der Waals surface area contributed by atoms with Gasteiger partial charge in [0.15, 0.2) is 6.10 Å². The molecule has 0 saturated carbocycles. The van der Waals surface area contributed by atoms with E-state index in [2.05, 4.69) is 57.2 Å². The molecule has 1 atom stereocenters. The van der Waals surface area contributed by atoms with Crippen LogP contribution in [0.4, 0.5) is 0 Å². The van der Waals surface area contributed by atoms with Crippen LogP contribution >= 0.6 is 0 Å². The van der Waals surface area contributed by atoms with Crippen LogP contribution in [0.5, 0.6) is 0 Å². The highest BCUT2D eigenvalue weighted by atomic mass is 16.6. The van der Waals surface area contributed by atoms with E-state index in [0.29, 0.717) is 19.3 Å². The molecular weight excluding hydrogens is 769 g/mol. The predicted octanol–water partition coefficient (Wildman–Crippen LogP) is 17.3. The number of ether oxygens (including phenoxy) is 3. The highest BCUT2D eigenvalue weighted by molar-refractivity contribution is 5.71. The molecule has 0 aliphatic rings. The Bertz CT molecular complexity index is 1130. The number of hydrogen-bond donors (Lipinski definition) is 0. The van der Waals surface area contributed by atoms with Crippen molar-refractivity contribution < 1.29 is 28.6 Å². The first kappa shape index (κ1) is 59.1. The second kappa shape index (κ2) is 50.8. The summed E-state index contributed by atoms with van der Waals surface area (Å²) in [5, 5.41) is 0. The van der Waals surface area contributed by atoms with Crippen LogP contribution in [0.1, 0.15) is 258 Å². The van der Waals surface area contributed by atoms with Crippen molar-refractivity contribution in [2.45, 2.75) is 264 Å². The first-order valence-corrected chi connectivity index (χ1v) is 26.4. The second-order valence-corrected chi connectivity index (χ2v) is 17.6. The monoisotopic (exact) mass is 867 g/mol. The summed E-state index contributed by atoms with van der Waals surface area (Å²) in [7, 11) is 0. The Morgan fingerprint density at radius 2 is 0.613 bits per heavy atom. The van der Waals surface area contributed by atoms with Crippen molar-refractivity contribution in [2.24, 2.45) is 0 Å². The average Bonchev–Trinajstić information content (AvgIpc) is 3.27. The van der Waals surface area contributed by atoms with Crippen LogP contribution in [0.2, 0.25) is 0 Å². The molecule has 0 amide bonds. The summed E-state index contributed by atoms with van der Waals surface area (Å²) >= 11 is 0. The van der Waals surface area contributed by atoms with Gasteiger partial charge in [-0.2, -0.15) is 0 Å². The molecule has 0 aromatic carbocycles. The number of hydrogen-bond acceptors (Lipinski definition) is 6. The number of unbranched alkanes of at least 4 members (excludes halogenated alkanes) is 30. The summed E-state index contributed by atoms with van der Waals surface area (Å²) in [5.74, 6) is -0.900. The number of esters is 3. The van der Waals surface area contributed by atoms with Gasteiger partial charge in [0.2, 0.25) is 0 Å². The molecule has 0 heterocycles. The normalized spacial score (nSPS) is 12.5. The molecule has 1 unspecified atom stereocenters. The highest BCUT2D eigenvalue weighted by Gasteiger charge is 2.19. The molecule has 6 heteroatoms. The average molecular weight is 867 g/mol. The van der Waals surface area contributed by atoms with Gasteiger partial charge in [-0.25, -0.2) is 0 Å². The lowest BCUT2D eigenvalue weighted by molar-refractivity contribution is -0.167. The van der Waals surface area contributed by atoms with Crippen LogP contribution in [0, 0.1) is 0 Å². The Morgan fingerprint density at radius 1 is 0.323 bits per heavy atom. The van der Waals surface area contributed by atoms with E-state index in [-0.39, 0.29) is 31.1 Å². The molecule has 0 spiro atoms. The van der Waals surface area contributed by atoms with Crippen LogP contribution < -0.4 is 0 Å². The zero-order valence-electron chi connectivity index (χ0n) is 40.9. The molecule has 0 aliphatic heterocycles. The number of carbonyl (C=O) groups excluding carboxylic acids is 3. The first-order chi connectivity index (χ1) is 30.5. The van der Waals surface area contributed by atoms with Crippen molar-refractivity contribution in [1.82, 2.24) is 0 Å². The van der Waals surface area contributed by atoms with Crippen molar-refractivity contribution in [1.29, 1.82) is 0 Å². The SMILES string of the molecule is CCC\C=C/C=C\C=C/C=C\C=C/CCCCCCCC(=O)OCC(COC(=O)CCCCCCCCCCC)OC(=O)CCCCCCCCCCCCCCCCCCC. The van der Waals surface area contributed by atoms with Crippen molar-refractivity contribution in [3.63, 3.8) is 0 Å². The lowest BCUT2D eigenvalue weighted by Crippen LogP contribution is -2.30. The Hall–Kier alpha value is -2.89. The van der Waals surface area contributed by atoms with Crippen LogP contribution in [-0.4, -0.2) is 37.2 Å². The quantitative estimate of drug-likeness (QED) is 0.0262. The van der Waals surface area contributed by atoms with Crippen molar-refractivity contribution in [2.75, 3.05) is 13.2 Å². The van der Waals surface area contributed by atoms with Gasteiger partial charge in [-0.1, -0.05) is 261 Å². The van der Waals surface area contributed by atoms with Gasteiger partial charge in [0.1, 0.15) is 13.2 Å². The van der Waals surface area contributed by atoms with Gasteiger partial charge in [-0.05, 0) is 38.5 Å². The third-order valence-electron chi connectivity index (χ3n) is 11.4. The van der Waals surface area contributed by atoms with Gasteiger partial charge in [0.25, 0.3) is 0 Å². The molecule has 6 nitrogen and oxygen atoms in total. The molecule has 0 N–H and O–H groups in total. The summed E-state index contributed by atoms with van der Waals surface area (Å²) < 4.78 is 16.8. The fraction of sp³-hybridized carbons (Fsp3) is 0.768. The summed E-state index contributed by atoms with van der Waals surface area (Å²) in [6, 6.07) is 0. The Labute approximate surface area is 383 Å². The van der Waals surface area contributed by atoms with E-state index in [1.54, 1.807) is 0 Å². The number of rotatable bonds is 47. The minimum atomic E-state index is -0.780. The molecule has 0 aromatic rings. The predicted molar refractivity (Wildman–Crippen MR) is 265 cm³/mol. The summed E-state index contributed by atoms with van der Waals surface area (Å²) in [6.45, 7) is 6.53. The zero-order valence-corrected chi connectivity index (χ0v) is 40.9. The molecular formula is C56H98O6. The molecule has 358 valence electrons. The standard InChI is InChI=1S/C56H98O6/c1-4-7-10-13-16-19-21-23-25-27-29-30-32-34-37-40-43-46-49-55(58)61-52-53(51-60-54(57)48-45-42-39-36-18-15-12-9-6-3)62-56(59)50-47-44-41-38-35-33-31-28-26-24-22-20-17-14-11-8-5-2/h10,13,16,19,21,23,25,27,29-30,53H,4-9,11-12,14-15,17-18,20,22,24,26,28,31-52H2,1-3H3/b13-10-,19-16-,23-21-,27-25-,30-29-. The topological polar surface area (TPSA) is 78.9 Å². The maximum Gasteiger partial charge on any atom is 0.306 e. The minimum Gasteiger partial charge on any atom is -0.462 e. The van der Waals surface area contributed by atoms with Gasteiger partial charge < -0.3 is 14.2 Å². The van der Waals surface area contributed by atoms with Crippen molar-refractivity contribution in [3.8, 4) is 0 Å². The van der Waals surface area contributed by atoms with Crippen molar-refractivity contribution in [3.05, 3.63) is 60.8 Å². The van der Waals surface area contributed by atoms with E-state index in [1.807, 2.05) is 24.3 Å². The van der Waals surface area contributed by atoms with Gasteiger partial charge in [0.05, 0.1) is 0 Å². The number of carbonyl (C=O) groups is 3. The largest absolute Gasteiger partial charge is 0.462 e. The summed E-state index contributed by atoms with van der Waals surface area (Å²) in [4.78, 5) is 37.9. The Balaban J connectivity index is 4.35. The molecule has 0 bridgehead atoms. The lowest BCUT2D eigenvalue weighted by atomic mass is 10.0. The summed E-state index contributed by atoms with van der Waals surface area (Å²) in [6.07, 6.45) is 62.0. The maximum atomic E-state index is 12.8. The minimum absolute atomic E-state index is 0.0797. The fourth-order valence-electron chi connectivity index (χ4n) is 7.41. The molecule has 0 fully saturated rings. The van der Waals surface area contributed by atoms with Crippen LogP contribution in [0.3, 0.4) is 0 Å². The van der Waals surface area contributed by atoms with E-state index in [1.165, 1.54) is 135 Å². The fourth-order valence-corrected chi connectivity index (χ4v) is 7.41. The Morgan fingerprint density at radius 3 is 0.968 bits per heavy atom. The smallest absolute Gasteiger partial charge is 0.306 e. The van der Waals surface area contributed by atoms with Crippen LogP contribution in [0.25, 0.3) is 0 Å². The molecule has 62 heavy (non-hydrogen) atoms. The lowest BCUT2D eigenvalue weighted by Gasteiger charge is -2.18. The zero-order chi connectivity index (χ0) is 45.1. The first-order valence-electron chi connectivity index (χ1n) is 26.4. The van der Waals surface area contributed by atoms with Gasteiger partial charge in [-0.3, -0.25) is 14.4 Å². The molecule has 0 radical (unpaired) electrons. The highest BCUT2D eigenvalue weighted by Crippen LogP contribution is 2.16. The molecule has 0 saturated heterocycles. The Kier molecular flexibility index (Phi) is 48.4. The number of allylic oxidation sites excluding steroid dienone is 10. The van der Waals surface area contributed by atoms with Gasteiger partial charge in [-0.15, -0.1) is 0 Å². The van der Waals surface area contributed by atoms with E-state index in [0.717, 1.165) is 83.5 Å². The molecule has 0 aliphatic carbocycles. The van der Waals surface area contributed by atoms with Gasteiger partial charge >= 0.3 is 17.9 Å².